The van der Waals surface area contributed by atoms with Gasteiger partial charge in [0.05, 0.1) is 11.8 Å². The van der Waals surface area contributed by atoms with Crippen molar-refractivity contribution < 1.29 is 4.79 Å². The fourth-order valence-electron chi connectivity index (χ4n) is 1.96. The third-order valence-electron chi connectivity index (χ3n) is 3.14. The van der Waals surface area contributed by atoms with Gasteiger partial charge in [-0.15, -0.1) is 0 Å². The van der Waals surface area contributed by atoms with Crippen LogP contribution in [0.2, 0.25) is 5.15 Å². The standard InChI is InChI=1S/C12H14ClN5O/c1-17-2-4-18(5-3-17)12(19)9(7-14)10-6-11(13)16-8-15-10/h6,8-9H,2-5H2,1H3. The highest BCUT2D eigenvalue weighted by Crippen LogP contribution is 2.18. The molecular weight excluding hydrogens is 266 g/mol. The number of hydrogen-bond acceptors (Lipinski definition) is 5. The summed E-state index contributed by atoms with van der Waals surface area (Å²) in [5.74, 6) is -1.13. The number of aromatic nitrogens is 2. The summed E-state index contributed by atoms with van der Waals surface area (Å²) in [6.45, 7) is 2.89. The van der Waals surface area contributed by atoms with Gasteiger partial charge in [-0.25, -0.2) is 9.97 Å². The summed E-state index contributed by atoms with van der Waals surface area (Å²) in [6, 6.07) is 3.46. The molecule has 7 heteroatoms. The van der Waals surface area contributed by atoms with Crippen LogP contribution in [0.3, 0.4) is 0 Å². The first-order valence-electron chi connectivity index (χ1n) is 5.96. The van der Waals surface area contributed by atoms with Crippen molar-refractivity contribution in [1.29, 1.82) is 5.26 Å². The Hall–Kier alpha value is -1.71. The number of rotatable bonds is 2. The van der Waals surface area contributed by atoms with Crippen molar-refractivity contribution in [2.24, 2.45) is 0 Å². The van der Waals surface area contributed by atoms with Crippen molar-refractivity contribution in [2.75, 3.05) is 33.2 Å². The molecule has 1 saturated heterocycles. The van der Waals surface area contributed by atoms with Gasteiger partial charge in [-0.05, 0) is 13.1 Å². The van der Waals surface area contributed by atoms with Crippen molar-refractivity contribution in [1.82, 2.24) is 19.8 Å². The Kier molecular flexibility index (Phi) is 4.30. The zero-order valence-electron chi connectivity index (χ0n) is 10.6. The van der Waals surface area contributed by atoms with Crippen LogP contribution >= 0.6 is 11.6 Å². The van der Waals surface area contributed by atoms with Gasteiger partial charge in [-0.2, -0.15) is 5.26 Å². The highest BCUT2D eigenvalue weighted by Gasteiger charge is 2.29. The molecule has 0 spiro atoms. The molecule has 1 amide bonds. The van der Waals surface area contributed by atoms with E-state index in [1.54, 1.807) is 4.90 Å². The second-order valence-electron chi connectivity index (χ2n) is 4.46. The van der Waals surface area contributed by atoms with Gasteiger partial charge in [-0.3, -0.25) is 4.79 Å². The van der Waals surface area contributed by atoms with E-state index in [1.807, 2.05) is 13.1 Å². The van der Waals surface area contributed by atoms with E-state index in [4.69, 9.17) is 11.6 Å². The second-order valence-corrected chi connectivity index (χ2v) is 4.84. The summed E-state index contributed by atoms with van der Waals surface area (Å²) >= 11 is 5.76. The van der Waals surface area contributed by atoms with E-state index in [-0.39, 0.29) is 11.1 Å². The van der Waals surface area contributed by atoms with Gasteiger partial charge in [0.1, 0.15) is 11.5 Å². The van der Waals surface area contributed by atoms with E-state index >= 15 is 0 Å². The van der Waals surface area contributed by atoms with E-state index in [0.717, 1.165) is 13.1 Å². The van der Waals surface area contributed by atoms with Gasteiger partial charge < -0.3 is 9.80 Å². The maximum Gasteiger partial charge on any atom is 0.246 e. The van der Waals surface area contributed by atoms with Crippen molar-refractivity contribution in [3.05, 3.63) is 23.2 Å². The topological polar surface area (TPSA) is 73.1 Å². The van der Waals surface area contributed by atoms with Crippen LogP contribution in [0.5, 0.6) is 0 Å². The van der Waals surface area contributed by atoms with Crippen LogP contribution in [0.4, 0.5) is 0 Å². The molecular formula is C12H14ClN5O. The summed E-state index contributed by atoms with van der Waals surface area (Å²) in [4.78, 5) is 23.9. The zero-order valence-corrected chi connectivity index (χ0v) is 11.3. The molecule has 0 radical (unpaired) electrons. The van der Waals surface area contributed by atoms with E-state index < -0.39 is 5.92 Å². The minimum Gasteiger partial charge on any atom is -0.339 e. The van der Waals surface area contributed by atoms with Crippen LogP contribution in [-0.2, 0) is 4.79 Å². The number of halogens is 1. The summed E-state index contributed by atoms with van der Waals surface area (Å²) in [6.07, 6.45) is 1.26. The van der Waals surface area contributed by atoms with Crippen molar-refractivity contribution in [2.45, 2.75) is 5.92 Å². The summed E-state index contributed by atoms with van der Waals surface area (Å²) < 4.78 is 0. The lowest BCUT2D eigenvalue weighted by Gasteiger charge is -2.33. The van der Waals surface area contributed by atoms with Crippen LogP contribution < -0.4 is 0 Å². The largest absolute Gasteiger partial charge is 0.339 e. The predicted octanol–water partition coefficient (Wildman–Crippen LogP) is 0.511. The monoisotopic (exact) mass is 279 g/mol. The third-order valence-corrected chi connectivity index (χ3v) is 3.35. The minimum atomic E-state index is -0.913. The molecule has 19 heavy (non-hydrogen) atoms. The first kappa shape index (κ1) is 13.7. The lowest BCUT2D eigenvalue weighted by atomic mass is 10.0. The van der Waals surface area contributed by atoms with Gasteiger partial charge in [0.15, 0.2) is 5.92 Å². The van der Waals surface area contributed by atoms with E-state index in [9.17, 15) is 10.1 Å². The molecule has 2 heterocycles. The Morgan fingerprint density at radius 2 is 2.11 bits per heavy atom. The molecule has 1 aliphatic heterocycles. The van der Waals surface area contributed by atoms with Crippen LogP contribution in [0.15, 0.2) is 12.4 Å². The van der Waals surface area contributed by atoms with Gasteiger partial charge in [0.2, 0.25) is 5.91 Å². The number of carbonyl (C=O) groups is 1. The lowest BCUT2D eigenvalue weighted by molar-refractivity contribution is -0.133. The molecule has 0 bridgehead atoms. The number of piperazine rings is 1. The molecule has 0 N–H and O–H groups in total. The number of hydrogen-bond donors (Lipinski definition) is 0. The molecule has 1 aliphatic rings. The van der Waals surface area contributed by atoms with E-state index in [2.05, 4.69) is 14.9 Å². The fourth-order valence-corrected chi connectivity index (χ4v) is 2.12. The normalized spacial score (nSPS) is 17.8. The molecule has 0 aliphatic carbocycles. The van der Waals surface area contributed by atoms with Crippen LogP contribution in [0.25, 0.3) is 0 Å². The van der Waals surface area contributed by atoms with Crippen molar-refractivity contribution in [3.8, 4) is 6.07 Å². The molecule has 1 atom stereocenters. The Balaban J connectivity index is 2.14. The molecule has 6 nitrogen and oxygen atoms in total. The molecule has 100 valence electrons. The summed E-state index contributed by atoms with van der Waals surface area (Å²) in [7, 11) is 2.01. The van der Waals surface area contributed by atoms with E-state index in [0.29, 0.717) is 18.8 Å². The maximum absolute atomic E-state index is 12.3. The molecule has 1 aromatic rings. The number of carbonyl (C=O) groups excluding carboxylic acids is 1. The van der Waals surface area contributed by atoms with E-state index in [1.165, 1.54) is 12.4 Å². The molecule has 0 saturated carbocycles. The number of nitrogens with zero attached hydrogens (tertiary/aromatic N) is 5. The molecule has 1 aromatic heterocycles. The number of amides is 1. The van der Waals surface area contributed by atoms with Gasteiger partial charge >= 0.3 is 0 Å². The van der Waals surface area contributed by atoms with Gasteiger partial charge in [-0.1, -0.05) is 11.6 Å². The van der Waals surface area contributed by atoms with Crippen LogP contribution in [0.1, 0.15) is 11.6 Å². The SMILES string of the molecule is CN1CCN(C(=O)C(C#N)c2cc(Cl)ncn2)CC1. The van der Waals surface area contributed by atoms with Crippen LogP contribution in [0, 0.1) is 11.3 Å². The maximum atomic E-state index is 12.3. The quantitative estimate of drug-likeness (QED) is 0.738. The zero-order chi connectivity index (χ0) is 13.8. The van der Waals surface area contributed by atoms with Gasteiger partial charge in [0.25, 0.3) is 0 Å². The molecule has 1 unspecified atom stereocenters. The average Bonchev–Trinajstić information content (AvgIpc) is 2.40. The fraction of sp³-hybridized carbons (Fsp3) is 0.500. The number of nitriles is 1. The lowest BCUT2D eigenvalue weighted by Crippen LogP contribution is -2.48. The summed E-state index contributed by atoms with van der Waals surface area (Å²) in [5.41, 5.74) is 0.353. The molecule has 2 rings (SSSR count). The Morgan fingerprint density at radius 1 is 1.42 bits per heavy atom. The Labute approximate surface area is 116 Å². The van der Waals surface area contributed by atoms with Crippen molar-refractivity contribution in [3.63, 3.8) is 0 Å². The first-order chi connectivity index (χ1) is 9.11. The minimum absolute atomic E-state index is 0.217. The van der Waals surface area contributed by atoms with Crippen molar-refractivity contribution >= 4 is 17.5 Å². The molecule has 0 aromatic carbocycles. The third kappa shape index (κ3) is 3.19. The Morgan fingerprint density at radius 3 is 2.68 bits per heavy atom. The molecule has 1 fully saturated rings. The highest BCUT2D eigenvalue weighted by molar-refractivity contribution is 6.29. The number of likely N-dealkylation sites (N-methyl/N-ethyl adjacent to an activating group) is 1. The van der Waals surface area contributed by atoms with Crippen LogP contribution in [-0.4, -0.2) is 58.9 Å². The Bertz CT molecular complexity index is 507. The first-order valence-corrected chi connectivity index (χ1v) is 6.34. The summed E-state index contributed by atoms with van der Waals surface area (Å²) in [5, 5.41) is 9.44. The highest BCUT2D eigenvalue weighted by atomic mass is 35.5. The van der Waals surface area contributed by atoms with Gasteiger partial charge in [0, 0.05) is 26.2 Å². The second kappa shape index (κ2) is 5.95. The smallest absolute Gasteiger partial charge is 0.246 e. The average molecular weight is 280 g/mol. The predicted molar refractivity (Wildman–Crippen MR) is 69.5 cm³/mol.